The first kappa shape index (κ1) is 39.6. The Morgan fingerprint density at radius 3 is 1.39 bits per heavy atom. The van der Waals surface area contributed by atoms with Gasteiger partial charge in [0.15, 0.2) is 0 Å². The smallest absolute Gasteiger partial charge is 0.308 e. The van der Waals surface area contributed by atoms with E-state index in [1.54, 1.807) is 4.90 Å². The van der Waals surface area contributed by atoms with Crippen molar-refractivity contribution < 1.29 is 23.9 Å². The molecule has 0 aromatic heterocycles. The summed E-state index contributed by atoms with van der Waals surface area (Å²) in [6.45, 7) is 9.29. The van der Waals surface area contributed by atoms with E-state index in [1.807, 2.05) is 30.3 Å². The van der Waals surface area contributed by atoms with Gasteiger partial charge in [-0.1, -0.05) is 135 Å². The van der Waals surface area contributed by atoms with Crippen molar-refractivity contribution in [1.82, 2.24) is 4.90 Å². The van der Waals surface area contributed by atoms with Crippen LogP contribution in [0.1, 0.15) is 136 Å². The molecular weight excluding hydrogens is 552 g/mol. The first-order valence-corrected chi connectivity index (χ1v) is 17.8. The lowest BCUT2D eigenvalue weighted by atomic mass is 9.95. The number of carbonyl (C=O) groups excluding carboxylic acids is 3. The number of hydrogen-bond donors (Lipinski definition) is 1. The molecule has 0 fully saturated rings. The maximum absolute atomic E-state index is 13.5. The van der Waals surface area contributed by atoms with Crippen LogP contribution in [0.2, 0.25) is 0 Å². The number of rotatable bonds is 27. The molecule has 0 heterocycles. The molecule has 1 unspecified atom stereocenters. The SMILES string of the molecule is CCCCCC(CCCCC)C(=O)OCCN(CCOC(=O)C(CCCCC)CCCCC)C(=O)C(N)Cc1ccccc1. The number of ether oxygens (including phenoxy) is 2. The van der Waals surface area contributed by atoms with Crippen molar-refractivity contribution in [3.8, 4) is 0 Å². The van der Waals surface area contributed by atoms with E-state index in [2.05, 4.69) is 27.7 Å². The third-order valence-electron chi connectivity index (χ3n) is 8.43. The molecule has 1 rings (SSSR count). The Hall–Kier alpha value is -2.41. The van der Waals surface area contributed by atoms with Gasteiger partial charge >= 0.3 is 11.9 Å². The minimum atomic E-state index is -0.740. The summed E-state index contributed by atoms with van der Waals surface area (Å²) in [5.74, 6) is -0.782. The van der Waals surface area contributed by atoms with Gasteiger partial charge in [0.2, 0.25) is 5.91 Å². The van der Waals surface area contributed by atoms with Crippen LogP contribution in [0.25, 0.3) is 0 Å². The lowest BCUT2D eigenvalue weighted by Crippen LogP contribution is -2.47. The Kier molecular flexibility index (Phi) is 23.3. The maximum Gasteiger partial charge on any atom is 0.308 e. The molecule has 1 aromatic carbocycles. The van der Waals surface area contributed by atoms with Gasteiger partial charge in [-0.15, -0.1) is 0 Å². The average molecular weight is 617 g/mol. The van der Waals surface area contributed by atoms with Gasteiger partial charge in [-0.25, -0.2) is 0 Å². The van der Waals surface area contributed by atoms with Crippen LogP contribution in [0, 0.1) is 11.8 Å². The van der Waals surface area contributed by atoms with Crippen LogP contribution in [0.3, 0.4) is 0 Å². The summed E-state index contributed by atoms with van der Waals surface area (Å²) in [7, 11) is 0. The van der Waals surface area contributed by atoms with Gasteiger partial charge in [-0.2, -0.15) is 0 Å². The molecule has 0 radical (unpaired) electrons. The minimum Gasteiger partial charge on any atom is -0.464 e. The number of hydrogen-bond acceptors (Lipinski definition) is 6. The second-order valence-corrected chi connectivity index (χ2v) is 12.3. The third-order valence-corrected chi connectivity index (χ3v) is 8.43. The zero-order valence-electron chi connectivity index (χ0n) is 28.5. The lowest BCUT2D eigenvalue weighted by molar-refractivity contribution is -0.152. The topological polar surface area (TPSA) is 98.9 Å². The molecule has 1 amide bonds. The second-order valence-electron chi connectivity index (χ2n) is 12.3. The van der Waals surface area contributed by atoms with Gasteiger partial charge in [0.05, 0.1) is 31.0 Å². The molecule has 0 aliphatic rings. The largest absolute Gasteiger partial charge is 0.464 e. The van der Waals surface area contributed by atoms with Crippen LogP contribution in [0.4, 0.5) is 0 Å². The maximum atomic E-state index is 13.5. The van der Waals surface area contributed by atoms with Crippen LogP contribution in [-0.2, 0) is 30.3 Å². The average Bonchev–Trinajstić information content (AvgIpc) is 3.02. The Morgan fingerprint density at radius 2 is 1.02 bits per heavy atom. The zero-order valence-corrected chi connectivity index (χ0v) is 28.5. The summed E-state index contributed by atoms with van der Waals surface area (Å²) in [5, 5.41) is 0. The van der Waals surface area contributed by atoms with Crippen LogP contribution >= 0.6 is 0 Å². The van der Waals surface area contributed by atoms with Gasteiger partial charge in [-0.05, 0) is 37.7 Å². The predicted molar refractivity (Wildman–Crippen MR) is 180 cm³/mol. The normalized spacial score (nSPS) is 12.0. The highest BCUT2D eigenvalue weighted by Gasteiger charge is 2.25. The van der Waals surface area contributed by atoms with Gasteiger partial charge in [0, 0.05) is 0 Å². The van der Waals surface area contributed by atoms with E-state index in [9.17, 15) is 14.4 Å². The van der Waals surface area contributed by atoms with Crippen LogP contribution in [0.5, 0.6) is 0 Å². The Morgan fingerprint density at radius 1 is 0.636 bits per heavy atom. The predicted octanol–water partition coefficient (Wildman–Crippen LogP) is 8.03. The van der Waals surface area contributed by atoms with Crippen molar-refractivity contribution in [2.75, 3.05) is 26.3 Å². The van der Waals surface area contributed by atoms with E-state index in [0.717, 1.165) is 108 Å². The highest BCUT2D eigenvalue weighted by atomic mass is 16.5. The number of esters is 2. The molecule has 1 atom stereocenters. The molecule has 0 saturated carbocycles. The molecule has 0 aliphatic carbocycles. The van der Waals surface area contributed by atoms with Crippen molar-refractivity contribution >= 4 is 17.8 Å². The first-order chi connectivity index (χ1) is 21.4. The van der Waals surface area contributed by atoms with Gasteiger partial charge in [-0.3, -0.25) is 14.4 Å². The summed E-state index contributed by atoms with van der Waals surface area (Å²) >= 11 is 0. The van der Waals surface area contributed by atoms with Crippen molar-refractivity contribution in [2.24, 2.45) is 17.6 Å². The molecule has 1 aromatic rings. The minimum absolute atomic E-state index is 0.101. The monoisotopic (exact) mass is 616 g/mol. The standard InChI is InChI=1S/C37H64N2O5/c1-5-9-14-22-32(23-15-10-6-2)36(41)43-28-26-39(35(40)34(38)30-31-20-18-13-19-21-31)27-29-44-37(42)33(24-16-11-7-3)25-17-12-8-4/h13,18-21,32-34H,5-12,14-17,22-30,38H2,1-4H3. The van der Waals surface area contributed by atoms with Gasteiger partial charge in [0.1, 0.15) is 13.2 Å². The number of nitrogens with zero attached hydrogens (tertiary/aromatic N) is 1. The van der Waals surface area contributed by atoms with Gasteiger partial charge in [0.25, 0.3) is 0 Å². The van der Waals surface area contributed by atoms with E-state index in [-0.39, 0.29) is 56.0 Å². The Labute approximate surface area is 269 Å². The zero-order chi connectivity index (χ0) is 32.4. The van der Waals surface area contributed by atoms with Crippen LogP contribution < -0.4 is 5.73 Å². The fourth-order valence-electron chi connectivity index (χ4n) is 5.59. The Bertz CT molecular complexity index is 816. The number of benzene rings is 1. The molecule has 252 valence electrons. The van der Waals surface area contributed by atoms with Crippen LogP contribution in [-0.4, -0.2) is 55.1 Å². The molecule has 7 nitrogen and oxygen atoms in total. The molecule has 0 saturated heterocycles. The summed E-state index contributed by atoms with van der Waals surface area (Å²) < 4.78 is 11.5. The van der Waals surface area contributed by atoms with E-state index >= 15 is 0 Å². The molecule has 0 aliphatic heterocycles. The molecule has 7 heteroatoms. The first-order valence-electron chi connectivity index (χ1n) is 17.8. The third kappa shape index (κ3) is 17.8. The number of unbranched alkanes of at least 4 members (excludes halogenated alkanes) is 8. The Balaban J connectivity index is 2.83. The quantitative estimate of drug-likeness (QED) is 0.0794. The summed E-state index contributed by atoms with van der Waals surface area (Å²) in [6.07, 6.45) is 16.7. The highest BCUT2D eigenvalue weighted by molar-refractivity contribution is 5.82. The highest BCUT2D eigenvalue weighted by Crippen LogP contribution is 2.21. The van der Waals surface area contributed by atoms with Crippen molar-refractivity contribution in [1.29, 1.82) is 0 Å². The van der Waals surface area contributed by atoms with Crippen molar-refractivity contribution in [3.05, 3.63) is 35.9 Å². The van der Waals surface area contributed by atoms with Crippen molar-refractivity contribution in [2.45, 2.75) is 143 Å². The fraction of sp³-hybridized carbons (Fsp3) is 0.757. The van der Waals surface area contributed by atoms with Gasteiger partial charge < -0.3 is 20.1 Å². The van der Waals surface area contributed by atoms with Crippen LogP contribution in [0.15, 0.2) is 30.3 Å². The lowest BCUT2D eigenvalue weighted by Gasteiger charge is -2.26. The number of nitrogens with two attached hydrogens (primary N) is 1. The molecule has 2 N–H and O–H groups in total. The van der Waals surface area contributed by atoms with E-state index in [1.165, 1.54) is 0 Å². The number of carbonyl (C=O) groups is 3. The van der Waals surface area contributed by atoms with E-state index in [0.29, 0.717) is 6.42 Å². The summed E-state index contributed by atoms with van der Waals surface area (Å²) in [5.41, 5.74) is 7.36. The molecule has 44 heavy (non-hydrogen) atoms. The van der Waals surface area contributed by atoms with Crippen molar-refractivity contribution in [3.63, 3.8) is 0 Å². The molecule has 0 bridgehead atoms. The number of amides is 1. The van der Waals surface area contributed by atoms with E-state index < -0.39 is 6.04 Å². The molecule has 0 spiro atoms. The molecular formula is C37H64N2O5. The second kappa shape index (κ2) is 25.9. The summed E-state index contributed by atoms with van der Waals surface area (Å²) in [4.78, 5) is 41.1. The summed E-state index contributed by atoms with van der Waals surface area (Å²) in [6, 6.07) is 8.96. The van der Waals surface area contributed by atoms with E-state index in [4.69, 9.17) is 15.2 Å². The fourth-order valence-corrected chi connectivity index (χ4v) is 5.59.